The Bertz CT molecular complexity index is 476. The zero-order chi connectivity index (χ0) is 15.5. The molecule has 118 valence electrons. The monoisotopic (exact) mass is 302 g/mol. The first kappa shape index (κ1) is 15.9. The van der Waals surface area contributed by atoms with E-state index >= 15 is 0 Å². The molecule has 1 aliphatic carbocycles. The van der Waals surface area contributed by atoms with Crippen molar-refractivity contribution in [3.63, 3.8) is 0 Å². The molecule has 2 unspecified atom stereocenters. The van der Waals surface area contributed by atoms with Crippen molar-refractivity contribution in [2.75, 3.05) is 23.7 Å². The molecule has 0 radical (unpaired) electrons. The Morgan fingerprint density at radius 2 is 2.00 bits per heavy atom. The van der Waals surface area contributed by atoms with Crippen molar-refractivity contribution in [3.8, 4) is 0 Å². The number of rotatable bonds is 5. The summed E-state index contributed by atoms with van der Waals surface area (Å²) >= 11 is 0. The average molecular weight is 302 g/mol. The summed E-state index contributed by atoms with van der Waals surface area (Å²) in [7, 11) is 0. The lowest BCUT2D eigenvalue weighted by atomic mass is 9.98. The van der Waals surface area contributed by atoms with Gasteiger partial charge >= 0.3 is 6.18 Å². The minimum Gasteiger partial charge on any atom is -0.370 e. The molecule has 0 spiro atoms. The molecule has 1 aliphatic rings. The van der Waals surface area contributed by atoms with E-state index in [2.05, 4.69) is 27.5 Å². The third kappa shape index (κ3) is 4.22. The van der Waals surface area contributed by atoms with Gasteiger partial charge in [-0.2, -0.15) is 18.2 Å². The summed E-state index contributed by atoms with van der Waals surface area (Å²) in [6.45, 7) is 5.10. The Morgan fingerprint density at radius 3 is 2.57 bits per heavy atom. The Morgan fingerprint density at radius 1 is 1.24 bits per heavy atom. The van der Waals surface area contributed by atoms with Crippen LogP contribution in [0.2, 0.25) is 0 Å². The molecule has 4 nitrogen and oxygen atoms in total. The zero-order valence-electron chi connectivity index (χ0n) is 12.3. The van der Waals surface area contributed by atoms with Gasteiger partial charge in [0.05, 0.1) is 0 Å². The van der Waals surface area contributed by atoms with Crippen LogP contribution >= 0.6 is 0 Å². The Labute approximate surface area is 122 Å². The van der Waals surface area contributed by atoms with Gasteiger partial charge in [-0.25, -0.2) is 4.98 Å². The van der Waals surface area contributed by atoms with Crippen LogP contribution in [0.3, 0.4) is 0 Å². The second-order valence-corrected chi connectivity index (χ2v) is 5.54. The molecule has 0 aliphatic heterocycles. The number of nitrogens with one attached hydrogen (secondary N) is 2. The smallest absolute Gasteiger partial charge is 0.370 e. The molecular weight excluding hydrogens is 281 g/mol. The van der Waals surface area contributed by atoms with Gasteiger partial charge in [0, 0.05) is 19.2 Å². The molecule has 1 saturated carbocycles. The molecule has 2 N–H and O–H groups in total. The van der Waals surface area contributed by atoms with Crippen molar-refractivity contribution in [2.45, 2.75) is 39.3 Å². The minimum absolute atomic E-state index is 0.00861. The van der Waals surface area contributed by atoms with Crippen LogP contribution < -0.4 is 10.6 Å². The summed E-state index contributed by atoms with van der Waals surface area (Å²) in [5.41, 5.74) is -0.921. The van der Waals surface area contributed by atoms with Gasteiger partial charge in [-0.1, -0.05) is 19.8 Å². The third-order valence-electron chi connectivity index (χ3n) is 3.94. The number of alkyl halides is 3. The standard InChI is InChI=1S/C14H21F3N4/c1-3-18-13-20-11(14(15,16)17)7-12(21-13)19-8-10-6-4-5-9(10)2/h7,9-10H,3-6,8H2,1-2H3,(H2,18,19,20,21). The van der Waals surface area contributed by atoms with Crippen molar-refractivity contribution < 1.29 is 13.2 Å². The fourth-order valence-corrected chi connectivity index (χ4v) is 2.68. The molecule has 7 heteroatoms. The van der Waals surface area contributed by atoms with Crippen LogP contribution in [0, 0.1) is 11.8 Å². The molecule has 0 amide bonds. The lowest BCUT2D eigenvalue weighted by Crippen LogP contribution is -2.19. The highest BCUT2D eigenvalue weighted by Gasteiger charge is 2.34. The van der Waals surface area contributed by atoms with Gasteiger partial charge in [-0.15, -0.1) is 0 Å². The van der Waals surface area contributed by atoms with Gasteiger partial charge in [0.25, 0.3) is 0 Å². The Balaban J connectivity index is 2.11. The van der Waals surface area contributed by atoms with Gasteiger partial charge in [0.2, 0.25) is 5.95 Å². The van der Waals surface area contributed by atoms with E-state index in [-0.39, 0.29) is 11.8 Å². The molecule has 2 rings (SSSR count). The second kappa shape index (κ2) is 6.49. The number of nitrogens with zero attached hydrogens (tertiary/aromatic N) is 2. The van der Waals surface area contributed by atoms with Gasteiger partial charge in [0.15, 0.2) is 5.69 Å². The number of hydrogen-bond donors (Lipinski definition) is 2. The van der Waals surface area contributed by atoms with Gasteiger partial charge in [0.1, 0.15) is 5.82 Å². The molecule has 1 aromatic rings. The van der Waals surface area contributed by atoms with E-state index in [0.717, 1.165) is 12.5 Å². The van der Waals surface area contributed by atoms with Crippen molar-refractivity contribution in [3.05, 3.63) is 11.8 Å². The molecule has 0 bridgehead atoms. The summed E-state index contributed by atoms with van der Waals surface area (Å²) in [5, 5.41) is 5.77. The molecule has 0 aromatic carbocycles. The molecule has 21 heavy (non-hydrogen) atoms. The van der Waals surface area contributed by atoms with E-state index in [1.165, 1.54) is 12.8 Å². The highest BCUT2D eigenvalue weighted by atomic mass is 19.4. The van der Waals surface area contributed by atoms with Crippen molar-refractivity contribution in [2.24, 2.45) is 11.8 Å². The third-order valence-corrected chi connectivity index (χ3v) is 3.94. The van der Waals surface area contributed by atoms with Gasteiger partial charge in [-0.3, -0.25) is 0 Å². The van der Waals surface area contributed by atoms with Crippen molar-refractivity contribution in [1.29, 1.82) is 0 Å². The predicted molar refractivity (Wildman–Crippen MR) is 76.2 cm³/mol. The first-order valence-corrected chi connectivity index (χ1v) is 7.34. The molecule has 1 fully saturated rings. The number of aromatic nitrogens is 2. The topological polar surface area (TPSA) is 49.8 Å². The fourth-order valence-electron chi connectivity index (χ4n) is 2.68. The van der Waals surface area contributed by atoms with E-state index in [1.54, 1.807) is 6.92 Å². The van der Waals surface area contributed by atoms with Gasteiger partial charge in [-0.05, 0) is 25.2 Å². The van der Waals surface area contributed by atoms with Crippen LogP contribution in [-0.4, -0.2) is 23.1 Å². The average Bonchev–Trinajstić information content (AvgIpc) is 2.81. The lowest BCUT2D eigenvalue weighted by molar-refractivity contribution is -0.141. The SMILES string of the molecule is CCNc1nc(NCC2CCCC2C)cc(C(F)(F)F)n1. The van der Waals surface area contributed by atoms with Gasteiger partial charge < -0.3 is 10.6 Å². The largest absolute Gasteiger partial charge is 0.433 e. The number of anilines is 2. The van der Waals surface area contributed by atoms with E-state index in [1.807, 2.05) is 0 Å². The maximum Gasteiger partial charge on any atom is 0.433 e. The quantitative estimate of drug-likeness (QED) is 0.869. The second-order valence-electron chi connectivity index (χ2n) is 5.54. The van der Waals surface area contributed by atoms with Crippen LogP contribution in [0.1, 0.15) is 38.8 Å². The predicted octanol–water partition coefficient (Wildman–Crippen LogP) is 3.78. The summed E-state index contributed by atoms with van der Waals surface area (Å²) < 4.78 is 38.5. The maximum atomic E-state index is 12.8. The van der Waals surface area contributed by atoms with E-state index in [9.17, 15) is 13.2 Å². The van der Waals surface area contributed by atoms with Crippen LogP contribution in [-0.2, 0) is 6.18 Å². The Kier molecular flexibility index (Phi) is 4.90. The van der Waals surface area contributed by atoms with E-state index in [4.69, 9.17) is 0 Å². The van der Waals surface area contributed by atoms with Crippen LogP contribution in [0.25, 0.3) is 0 Å². The summed E-state index contributed by atoms with van der Waals surface area (Å²) in [5.74, 6) is 1.34. The number of hydrogen-bond acceptors (Lipinski definition) is 4. The summed E-state index contributed by atoms with van der Waals surface area (Å²) in [4.78, 5) is 7.59. The first-order chi connectivity index (χ1) is 9.90. The van der Waals surface area contributed by atoms with Crippen LogP contribution in [0.15, 0.2) is 6.07 Å². The van der Waals surface area contributed by atoms with Crippen molar-refractivity contribution in [1.82, 2.24) is 9.97 Å². The number of halogens is 3. The molecule has 1 heterocycles. The minimum atomic E-state index is -4.47. The molecule has 2 atom stereocenters. The van der Waals surface area contributed by atoms with Crippen LogP contribution in [0.5, 0.6) is 0 Å². The molecule has 1 aromatic heterocycles. The first-order valence-electron chi connectivity index (χ1n) is 7.34. The normalized spacial score (nSPS) is 22.3. The molecular formula is C14H21F3N4. The lowest BCUT2D eigenvalue weighted by Gasteiger charge is -2.17. The summed E-state index contributed by atoms with van der Waals surface area (Å²) in [6, 6.07) is 0.973. The highest BCUT2D eigenvalue weighted by Crippen LogP contribution is 2.32. The zero-order valence-corrected chi connectivity index (χ0v) is 12.3. The van der Waals surface area contributed by atoms with Crippen LogP contribution in [0.4, 0.5) is 24.9 Å². The van der Waals surface area contributed by atoms with Crippen molar-refractivity contribution >= 4 is 11.8 Å². The Hall–Kier alpha value is -1.53. The maximum absolute atomic E-state index is 12.8. The highest BCUT2D eigenvalue weighted by molar-refractivity contribution is 5.43. The summed E-state index contributed by atoms with van der Waals surface area (Å²) in [6.07, 6.45) is -0.976. The van der Waals surface area contributed by atoms with E-state index < -0.39 is 11.9 Å². The van der Waals surface area contributed by atoms with E-state index in [0.29, 0.717) is 24.9 Å². The molecule has 0 saturated heterocycles. The fraction of sp³-hybridized carbons (Fsp3) is 0.714.